The molecule has 55 heavy (non-hydrogen) atoms. The van der Waals surface area contributed by atoms with E-state index < -0.39 is 0 Å². The molecule has 8 aromatic carbocycles. The fourth-order valence-electron chi connectivity index (χ4n) is 7.59. The molecule has 2 heterocycles. The molecule has 0 unspecified atom stereocenters. The van der Waals surface area contributed by atoms with Gasteiger partial charge in [-0.05, 0) is 81.4 Å². The maximum absolute atomic E-state index is 6.40. The number of para-hydroxylation sites is 1. The van der Waals surface area contributed by atoms with Crippen LogP contribution >= 0.6 is 0 Å². The third kappa shape index (κ3) is 6.20. The molecule has 0 atom stereocenters. The Morgan fingerprint density at radius 3 is 1.71 bits per heavy atom. The van der Waals surface area contributed by atoms with Crippen molar-refractivity contribution < 1.29 is 8.83 Å². The summed E-state index contributed by atoms with van der Waals surface area (Å²) >= 11 is 0. The molecule has 0 saturated heterocycles. The Balaban J connectivity index is 1.02. The zero-order valence-corrected chi connectivity index (χ0v) is 29.9. The molecule has 260 valence electrons. The topological polar surface area (TPSA) is 51.0 Å². The van der Waals surface area contributed by atoms with E-state index in [-0.39, 0.29) is 0 Å². The molecule has 10 aromatic rings. The van der Waals surface area contributed by atoms with E-state index in [0.717, 1.165) is 71.7 Å². The van der Waals surface area contributed by atoms with E-state index in [9.17, 15) is 0 Å². The van der Waals surface area contributed by atoms with Crippen LogP contribution in [0.5, 0.6) is 0 Å². The van der Waals surface area contributed by atoms with Gasteiger partial charge in [-0.15, -0.1) is 0 Å². The smallest absolute Gasteiger partial charge is 0.154 e. The molecule has 0 aliphatic carbocycles. The first kappa shape index (κ1) is 32.4. The van der Waals surface area contributed by atoms with E-state index >= 15 is 0 Å². The van der Waals surface area contributed by atoms with Crippen LogP contribution < -0.4 is 0 Å². The standard InChI is InChI=1S/C51H34N2O2/c1-3-13-34(14-4-1)36-17-9-18-37(29-36)38-19-10-20-39(30-38)40-27-28-46-44(31-40)50-42(22-12-26-48(50)55-46)33-53-51(35-15-5-2-6-16-35)52-32-41-21-11-25-47-49(41)43-23-7-8-24-45(43)54-47/h1-31,33H,32H2. The van der Waals surface area contributed by atoms with Crippen molar-refractivity contribution in [2.75, 3.05) is 0 Å². The molecule has 0 aliphatic rings. The molecule has 10 rings (SSSR count). The summed E-state index contributed by atoms with van der Waals surface area (Å²) in [6.07, 6.45) is 1.92. The Labute approximate surface area is 318 Å². The van der Waals surface area contributed by atoms with E-state index in [1.165, 1.54) is 22.3 Å². The normalized spacial score (nSPS) is 12.1. The predicted molar refractivity (Wildman–Crippen MR) is 228 cm³/mol. The number of aliphatic imine (C=N–C) groups is 2. The van der Waals surface area contributed by atoms with E-state index in [4.69, 9.17) is 18.8 Å². The highest BCUT2D eigenvalue weighted by Gasteiger charge is 2.14. The largest absolute Gasteiger partial charge is 0.456 e. The van der Waals surface area contributed by atoms with Gasteiger partial charge in [-0.1, -0.05) is 146 Å². The lowest BCUT2D eigenvalue weighted by Crippen LogP contribution is -2.00. The maximum Gasteiger partial charge on any atom is 0.154 e. The second kappa shape index (κ2) is 13.9. The summed E-state index contributed by atoms with van der Waals surface area (Å²) in [5.74, 6) is 0.657. The minimum Gasteiger partial charge on any atom is -0.456 e. The number of rotatable bonds is 7. The lowest BCUT2D eigenvalue weighted by atomic mass is 9.95. The van der Waals surface area contributed by atoms with Crippen LogP contribution in [0, 0.1) is 0 Å². The van der Waals surface area contributed by atoms with Crippen LogP contribution in [0.1, 0.15) is 16.7 Å². The number of amidine groups is 1. The summed E-state index contributed by atoms with van der Waals surface area (Å²) in [6, 6.07) is 65.1. The van der Waals surface area contributed by atoms with Gasteiger partial charge in [0.25, 0.3) is 0 Å². The van der Waals surface area contributed by atoms with Crippen LogP contribution in [0.15, 0.2) is 207 Å². The predicted octanol–water partition coefficient (Wildman–Crippen LogP) is 13.6. The average molecular weight is 707 g/mol. The Hall–Kier alpha value is -7.30. The van der Waals surface area contributed by atoms with E-state index in [1.54, 1.807) is 0 Å². The van der Waals surface area contributed by atoms with Crippen LogP contribution in [0.3, 0.4) is 0 Å². The van der Waals surface area contributed by atoms with Gasteiger partial charge in [0.05, 0.1) is 6.54 Å². The van der Waals surface area contributed by atoms with Crippen molar-refractivity contribution >= 4 is 55.9 Å². The monoisotopic (exact) mass is 706 g/mol. The third-order valence-corrected chi connectivity index (χ3v) is 10.3. The van der Waals surface area contributed by atoms with Gasteiger partial charge in [-0.25, -0.2) is 4.99 Å². The number of hydrogen-bond donors (Lipinski definition) is 0. The van der Waals surface area contributed by atoms with Crippen molar-refractivity contribution in [3.05, 3.63) is 205 Å². The summed E-state index contributed by atoms with van der Waals surface area (Å²) in [4.78, 5) is 10.2. The van der Waals surface area contributed by atoms with Gasteiger partial charge in [0.2, 0.25) is 0 Å². The van der Waals surface area contributed by atoms with Gasteiger partial charge >= 0.3 is 0 Å². The van der Waals surface area contributed by atoms with Crippen molar-refractivity contribution in [2.45, 2.75) is 6.54 Å². The number of furan rings is 2. The molecule has 0 bridgehead atoms. The van der Waals surface area contributed by atoms with Crippen LogP contribution in [-0.2, 0) is 6.54 Å². The number of hydrogen-bond acceptors (Lipinski definition) is 3. The molecule has 4 heteroatoms. The number of fused-ring (bicyclic) bond motifs is 6. The molecule has 0 saturated carbocycles. The van der Waals surface area contributed by atoms with Crippen LogP contribution in [-0.4, -0.2) is 12.1 Å². The van der Waals surface area contributed by atoms with Gasteiger partial charge < -0.3 is 8.83 Å². The first-order chi connectivity index (χ1) is 27.2. The molecule has 0 radical (unpaired) electrons. The van der Waals surface area contributed by atoms with Crippen LogP contribution in [0.4, 0.5) is 0 Å². The summed E-state index contributed by atoms with van der Waals surface area (Å²) in [7, 11) is 0. The second-order valence-corrected chi connectivity index (χ2v) is 13.7. The van der Waals surface area contributed by atoms with Crippen molar-refractivity contribution in [3.63, 3.8) is 0 Å². The second-order valence-electron chi connectivity index (χ2n) is 13.7. The van der Waals surface area contributed by atoms with Crippen molar-refractivity contribution in [3.8, 4) is 33.4 Å². The first-order valence-electron chi connectivity index (χ1n) is 18.5. The Bertz CT molecular complexity index is 3060. The van der Waals surface area contributed by atoms with E-state index in [2.05, 4.69) is 127 Å². The van der Waals surface area contributed by atoms with Crippen molar-refractivity contribution in [1.82, 2.24) is 0 Å². The Morgan fingerprint density at radius 2 is 0.964 bits per heavy atom. The Kier molecular flexibility index (Phi) is 8.19. The fourth-order valence-corrected chi connectivity index (χ4v) is 7.59. The quantitative estimate of drug-likeness (QED) is 0.122. The first-order valence-corrected chi connectivity index (χ1v) is 18.5. The van der Waals surface area contributed by atoms with E-state index in [0.29, 0.717) is 12.4 Å². The molecule has 2 aromatic heterocycles. The van der Waals surface area contributed by atoms with Gasteiger partial charge in [0.15, 0.2) is 5.84 Å². The molecule has 0 aliphatic heterocycles. The highest BCUT2D eigenvalue weighted by Crippen LogP contribution is 2.36. The minimum atomic E-state index is 0.459. The maximum atomic E-state index is 6.40. The minimum absolute atomic E-state index is 0.459. The molecular formula is C51H34N2O2. The summed E-state index contributed by atoms with van der Waals surface area (Å²) in [5, 5.41) is 4.25. The molecule has 0 fully saturated rings. The zero-order chi connectivity index (χ0) is 36.6. The van der Waals surface area contributed by atoms with Gasteiger partial charge in [-0.2, -0.15) is 0 Å². The molecule has 0 spiro atoms. The van der Waals surface area contributed by atoms with Gasteiger partial charge in [0, 0.05) is 38.9 Å². The van der Waals surface area contributed by atoms with Crippen LogP contribution in [0.2, 0.25) is 0 Å². The van der Waals surface area contributed by atoms with Crippen LogP contribution in [0.25, 0.3) is 77.3 Å². The molecule has 0 amide bonds. The summed E-state index contributed by atoms with van der Waals surface area (Å²) < 4.78 is 12.5. The van der Waals surface area contributed by atoms with Crippen molar-refractivity contribution in [1.29, 1.82) is 0 Å². The van der Waals surface area contributed by atoms with Gasteiger partial charge in [0.1, 0.15) is 22.3 Å². The third-order valence-electron chi connectivity index (χ3n) is 10.3. The van der Waals surface area contributed by atoms with Gasteiger partial charge in [-0.3, -0.25) is 4.99 Å². The summed E-state index contributed by atoms with van der Waals surface area (Å²) in [6.45, 7) is 0.459. The molecule has 0 N–H and O–H groups in total. The fraction of sp³-hybridized carbons (Fsp3) is 0.0196. The molecule has 4 nitrogen and oxygen atoms in total. The molecular weight excluding hydrogens is 673 g/mol. The zero-order valence-electron chi connectivity index (χ0n) is 29.9. The summed E-state index contributed by atoms with van der Waals surface area (Å²) in [5.41, 5.74) is 13.4. The number of benzene rings is 8. The average Bonchev–Trinajstić information content (AvgIpc) is 3.83. The highest BCUT2D eigenvalue weighted by atomic mass is 16.3. The number of nitrogens with zero attached hydrogens (tertiary/aromatic N) is 2. The lowest BCUT2D eigenvalue weighted by molar-refractivity contribution is 0.668. The highest BCUT2D eigenvalue weighted by molar-refractivity contribution is 6.16. The Morgan fingerprint density at radius 1 is 0.418 bits per heavy atom. The SMILES string of the molecule is C(=NC(=NCc1cccc2oc3ccccc3c12)c1ccccc1)c1cccc2oc3ccc(-c4cccc(-c5cccc(-c6ccccc6)c5)c4)cc3c12. The lowest BCUT2D eigenvalue weighted by Gasteiger charge is -2.09. The van der Waals surface area contributed by atoms with E-state index in [1.807, 2.05) is 66.9 Å². The van der Waals surface area contributed by atoms with Crippen molar-refractivity contribution in [2.24, 2.45) is 9.98 Å².